The highest BCUT2D eigenvalue weighted by Gasteiger charge is 2.24. The number of carbonyl (C=O) groups excluding carboxylic acids is 1. The van der Waals surface area contributed by atoms with Crippen LogP contribution in [0.25, 0.3) is 21.5 Å². The normalized spacial score (nSPS) is 11.4. The van der Waals surface area contributed by atoms with Gasteiger partial charge in [-0.1, -0.05) is 60.7 Å². The highest BCUT2D eigenvalue weighted by Crippen LogP contribution is 2.26. The summed E-state index contributed by atoms with van der Waals surface area (Å²) in [6.45, 7) is 5.58. The van der Waals surface area contributed by atoms with Crippen LogP contribution in [0.4, 0.5) is 16.2 Å². The van der Waals surface area contributed by atoms with E-state index in [1.54, 1.807) is 0 Å². The Morgan fingerprint density at radius 3 is 1.93 bits per heavy atom. The average molecular weight is 384 g/mol. The number of nitrogens with zero attached hydrogens (tertiary/aromatic N) is 1. The molecule has 0 radical (unpaired) electrons. The second-order valence-corrected chi connectivity index (χ2v) is 8.02. The largest absolute Gasteiger partial charge is 0.442 e. The van der Waals surface area contributed by atoms with Crippen molar-refractivity contribution >= 4 is 39.0 Å². The number of nitrogens with one attached hydrogen (secondary N) is 1. The van der Waals surface area contributed by atoms with Crippen LogP contribution in [0.2, 0.25) is 0 Å². The Morgan fingerprint density at radius 2 is 1.31 bits per heavy atom. The molecule has 4 rings (SSSR count). The molecule has 4 aromatic rings. The Hall–Kier alpha value is -3.53. The van der Waals surface area contributed by atoms with Gasteiger partial charge in [-0.2, -0.15) is 5.01 Å². The van der Waals surface area contributed by atoms with Gasteiger partial charge in [0, 0.05) is 0 Å². The third-order valence-electron chi connectivity index (χ3n) is 4.56. The van der Waals surface area contributed by atoms with Gasteiger partial charge < -0.3 is 4.74 Å². The van der Waals surface area contributed by atoms with E-state index in [4.69, 9.17) is 4.74 Å². The minimum atomic E-state index is -0.600. The van der Waals surface area contributed by atoms with Crippen molar-refractivity contribution < 1.29 is 9.53 Å². The van der Waals surface area contributed by atoms with Gasteiger partial charge in [0.2, 0.25) is 0 Å². The molecule has 1 N–H and O–H groups in total. The molecule has 0 bridgehead atoms. The summed E-state index contributed by atoms with van der Waals surface area (Å²) in [6.07, 6.45) is -0.457. The number of anilines is 2. The lowest BCUT2D eigenvalue weighted by molar-refractivity contribution is 0.0589. The Balaban J connectivity index is 1.72. The van der Waals surface area contributed by atoms with Crippen molar-refractivity contribution in [2.45, 2.75) is 26.4 Å². The number of hydrogen-bond acceptors (Lipinski definition) is 3. The molecule has 0 saturated carbocycles. The van der Waals surface area contributed by atoms with Gasteiger partial charge in [0.1, 0.15) is 5.60 Å². The second kappa shape index (κ2) is 7.47. The maximum Gasteiger partial charge on any atom is 0.433 e. The van der Waals surface area contributed by atoms with Crippen LogP contribution in [0, 0.1) is 0 Å². The first kappa shape index (κ1) is 18.8. The molecule has 0 spiro atoms. The SMILES string of the molecule is CC(C)(C)OC(=O)N(Nc1ccc2ccccc2c1)c1ccc2ccccc2c1. The minimum Gasteiger partial charge on any atom is -0.442 e. The molecular formula is C25H24N2O2. The summed E-state index contributed by atoms with van der Waals surface area (Å²) in [6, 6.07) is 28.1. The number of benzene rings is 4. The van der Waals surface area contributed by atoms with Crippen molar-refractivity contribution in [2.75, 3.05) is 10.4 Å². The molecule has 1 amide bonds. The van der Waals surface area contributed by atoms with Gasteiger partial charge in [0.05, 0.1) is 11.4 Å². The van der Waals surface area contributed by atoms with Crippen molar-refractivity contribution in [1.29, 1.82) is 0 Å². The van der Waals surface area contributed by atoms with Crippen LogP contribution in [0.1, 0.15) is 20.8 Å². The molecule has 0 aliphatic heterocycles. The molecule has 0 aliphatic rings. The Labute approximate surface area is 170 Å². The summed E-state index contributed by atoms with van der Waals surface area (Å²) in [7, 11) is 0. The molecule has 0 aliphatic carbocycles. The van der Waals surface area contributed by atoms with Gasteiger partial charge in [-0.25, -0.2) is 4.79 Å². The zero-order valence-corrected chi connectivity index (χ0v) is 16.8. The first-order valence-corrected chi connectivity index (χ1v) is 9.66. The third kappa shape index (κ3) is 4.32. The fourth-order valence-electron chi connectivity index (χ4n) is 3.23. The molecule has 4 heteroatoms. The predicted octanol–water partition coefficient (Wildman–Crippen LogP) is 6.76. The van der Waals surface area contributed by atoms with Crippen molar-refractivity contribution in [3.8, 4) is 0 Å². The number of hydrazine groups is 1. The van der Waals surface area contributed by atoms with Gasteiger partial charge in [0.25, 0.3) is 0 Å². The van der Waals surface area contributed by atoms with Gasteiger partial charge in [0.15, 0.2) is 0 Å². The Kier molecular flexibility index (Phi) is 4.85. The van der Waals surface area contributed by atoms with E-state index >= 15 is 0 Å². The fourth-order valence-corrected chi connectivity index (χ4v) is 3.23. The lowest BCUT2D eigenvalue weighted by atomic mass is 10.1. The quantitative estimate of drug-likeness (QED) is 0.397. The first-order chi connectivity index (χ1) is 13.9. The molecule has 0 aromatic heterocycles. The van der Waals surface area contributed by atoms with E-state index in [2.05, 4.69) is 11.5 Å². The van der Waals surface area contributed by atoms with Crippen molar-refractivity contribution in [2.24, 2.45) is 0 Å². The molecule has 0 unspecified atom stereocenters. The zero-order chi connectivity index (χ0) is 20.4. The zero-order valence-electron chi connectivity index (χ0n) is 16.8. The summed E-state index contributed by atoms with van der Waals surface area (Å²) >= 11 is 0. The maximum absolute atomic E-state index is 13.0. The van der Waals surface area contributed by atoms with E-state index in [-0.39, 0.29) is 0 Å². The van der Waals surface area contributed by atoms with Crippen LogP contribution in [0.15, 0.2) is 84.9 Å². The van der Waals surface area contributed by atoms with E-state index < -0.39 is 11.7 Å². The highest BCUT2D eigenvalue weighted by atomic mass is 16.6. The van der Waals surface area contributed by atoms with Gasteiger partial charge in [-0.3, -0.25) is 5.43 Å². The van der Waals surface area contributed by atoms with E-state index in [9.17, 15) is 4.79 Å². The number of fused-ring (bicyclic) bond motifs is 2. The number of hydrogen-bond donors (Lipinski definition) is 1. The van der Waals surface area contributed by atoms with Crippen LogP contribution >= 0.6 is 0 Å². The summed E-state index contributed by atoms with van der Waals surface area (Å²) in [5.41, 5.74) is 4.16. The standard InChI is InChI=1S/C25H24N2O2/c1-25(2,3)29-24(28)27(23-15-13-19-9-5-7-11-21(19)17-23)26-22-14-12-18-8-4-6-10-20(18)16-22/h4-17,26H,1-3H3. The summed E-state index contributed by atoms with van der Waals surface area (Å²) in [4.78, 5) is 13.0. The Bertz CT molecular complexity index is 1180. The molecular weight excluding hydrogens is 360 g/mol. The molecule has 0 atom stereocenters. The maximum atomic E-state index is 13.0. The summed E-state index contributed by atoms with van der Waals surface area (Å²) in [5.74, 6) is 0. The summed E-state index contributed by atoms with van der Waals surface area (Å²) < 4.78 is 5.65. The molecule has 4 aromatic carbocycles. The second-order valence-electron chi connectivity index (χ2n) is 8.02. The molecule has 4 nitrogen and oxygen atoms in total. The monoisotopic (exact) mass is 384 g/mol. The molecule has 0 saturated heterocycles. The van der Waals surface area contributed by atoms with Crippen molar-refractivity contribution in [1.82, 2.24) is 0 Å². The van der Waals surface area contributed by atoms with Crippen LogP contribution in [-0.4, -0.2) is 11.7 Å². The molecule has 146 valence electrons. The highest BCUT2D eigenvalue weighted by molar-refractivity contribution is 5.95. The summed E-state index contributed by atoms with van der Waals surface area (Å²) in [5, 5.41) is 5.87. The van der Waals surface area contributed by atoms with E-state index in [1.807, 2.05) is 99.6 Å². The lowest BCUT2D eigenvalue weighted by Crippen LogP contribution is -2.40. The first-order valence-electron chi connectivity index (χ1n) is 9.66. The number of rotatable bonds is 3. The minimum absolute atomic E-state index is 0.457. The van der Waals surface area contributed by atoms with Gasteiger partial charge in [-0.05, 0) is 66.6 Å². The lowest BCUT2D eigenvalue weighted by Gasteiger charge is -2.28. The average Bonchev–Trinajstić information content (AvgIpc) is 2.70. The number of amides is 1. The van der Waals surface area contributed by atoms with E-state index in [1.165, 1.54) is 5.01 Å². The Morgan fingerprint density at radius 1 is 0.759 bits per heavy atom. The van der Waals surface area contributed by atoms with Crippen molar-refractivity contribution in [3.05, 3.63) is 84.9 Å². The number of carbonyl (C=O) groups is 1. The molecule has 0 fully saturated rings. The smallest absolute Gasteiger partial charge is 0.433 e. The molecule has 0 heterocycles. The molecule has 29 heavy (non-hydrogen) atoms. The van der Waals surface area contributed by atoms with Gasteiger partial charge in [-0.15, -0.1) is 0 Å². The predicted molar refractivity (Wildman–Crippen MR) is 120 cm³/mol. The fraction of sp³-hybridized carbons (Fsp3) is 0.160. The van der Waals surface area contributed by atoms with E-state index in [0.717, 1.165) is 27.2 Å². The third-order valence-corrected chi connectivity index (χ3v) is 4.56. The van der Waals surface area contributed by atoms with Crippen molar-refractivity contribution in [3.63, 3.8) is 0 Å². The van der Waals surface area contributed by atoms with Gasteiger partial charge >= 0.3 is 6.09 Å². The number of ether oxygens (including phenoxy) is 1. The van der Waals surface area contributed by atoms with Crippen LogP contribution < -0.4 is 10.4 Å². The van der Waals surface area contributed by atoms with Crippen LogP contribution in [-0.2, 0) is 4.74 Å². The van der Waals surface area contributed by atoms with E-state index in [0.29, 0.717) is 5.69 Å². The van der Waals surface area contributed by atoms with Crippen LogP contribution in [0.5, 0.6) is 0 Å². The van der Waals surface area contributed by atoms with Crippen LogP contribution in [0.3, 0.4) is 0 Å². The topological polar surface area (TPSA) is 41.6 Å².